The van der Waals surface area contributed by atoms with Crippen molar-refractivity contribution in [3.8, 4) is 11.4 Å². The Labute approximate surface area is 180 Å². The van der Waals surface area contributed by atoms with Gasteiger partial charge in [-0.2, -0.15) is 11.8 Å². The largest absolute Gasteiger partial charge is 0.461 e. The molecule has 4 rings (SSSR count). The van der Waals surface area contributed by atoms with Crippen molar-refractivity contribution in [3.05, 3.63) is 41.7 Å². The van der Waals surface area contributed by atoms with E-state index in [0.29, 0.717) is 31.3 Å². The lowest BCUT2D eigenvalue weighted by Crippen LogP contribution is -2.37. The molecule has 0 bridgehead atoms. The first-order valence-electron chi connectivity index (χ1n) is 10.1. The smallest absolute Gasteiger partial charge is 0.354 e. The molecule has 7 nitrogen and oxygen atoms in total. The molecule has 1 aromatic carbocycles. The number of anilines is 1. The lowest BCUT2D eigenvalue weighted by molar-refractivity contribution is 0.0516. The van der Waals surface area contributed by atoms with Crippen LogP contribution in [0.4, 0.5) is 5.82 Å². The van der Waals surface area contributed by atoms with Gasteiger partial charge in [0, 0.05) is 48.4 Å². The molecule has 1 fully saturated rings. The summed E-state index contributed by atoms with van der Waals surface area (Å²) in [5.41, 5.74) is 3.45. The highest BCUT2D eigenvalue weighted by atomic mass is 32.2. The van der Waals surface area contributed by atoms with Crippen molar-refractivity contribution < 1.29 is 14.3 Å². The zero-order valence-electron chi connectivity index (χ0n) is 17.6. The second-order valence-corrected chi connectivity index (χ2v) is 8.02. The molecule has 1 aliphatic rings. The summed E-state index contributed by atoms with van der Waals surface area (Å²) in [5, 5.41) is 0.963. The average Bonchev–Trinajstić information content (AvgIpc) is 3.10. The molecule has 30 heavy (non-hydrogen) atoms. The molecule has 0 saturated carbocycles. The van der Waals surface area contributed by atoms with E-state index < -0.39 is 0 Å². The van der Waals surface area contributed by atoms with Crippen LogP contribution in [-0.2, 0) is 22.3 Å². The van der Waals surface area contributed by atoms with Gasteiger partial charge in [0.05, 0.1) is 25.5 Å². The summed E-state index contributed by atoms with van der Waals surface area (Å²) in [6, 6.07) is 10.0. The van der Waals surface area contributed by atoms with Crippen LogP contribution in [0, 0.1) is 0 Å². The summed E-state index contributed by atoms with van der Waals surface area (Å²) >= 11 is 1.74. The van der Waals surface area contributed by atoms with Crippen LogP contribution in [0.3, 0.4) is 0 Å². The number of hydrogen-bond donors (Lipinski definition) is 0. The molecule has 3 heterocycles. The van der Waals surface area contributed by atoms with Gasteiger partial charge in [-0.1, -0.05) is 0 Å². The third kappa shape index (κ3) is 4.15. The maximum atomic E-state index is 12.2. The molecular weight excluding hydrogens is 400 g/mol. The van der Waals surface area contributed by atoms with Gasteiger partial charge in [0.25, 0.3) is 0 Å². The van der Waals surface area contributed by atoms with Gasteiger partial charge < -0.3 is 18.9 Å². The fourth-order valence-electron chi connectivity index (χ4n) is 3.68. The first kappa shape index (κ1) is 20.7. The lowest BCUT2D eigenvalue weighted by atomic mass is 10.1. The van der Waals surface area contributed by atoms with Crippen molar-refractivity contribution in [2.24, 2.45) is 7.05 Å². The van der Waals surface area contributed by atoms with Gasteiger partial charge in [-0.3, -0.25) is 0 Å². The molecule has 0 spiro atoms. The Kier molecular flexibility index (Phi) is 6.24. The molecule has 8 heteroatoms. The van der Waals surface area contributed by atoms with Crippen molar-refractivity contribution in [1.29, 1.82) is 0 Å². The van der Waals surface area contributed by atoms with Crippen LogP contribution in [0.5, 0.6) is 0 Å². The fourth-order valence-corrected chi connectivity index (χ4v) is 4.12. The lowest BCUT2D eigenvalue weighted by Gasteiger charge is -2.28. The zero-order valence-corrected chi connectivity index (χ0v) is 18.4. The molecule has 2 aromatic heterocycles. The predicted octanol–water partition coefficient (Wildman–Crippen LogP) is 3.51. The minimum absolute atomic E-state index is 0.314. The van der Waals surface area contributed by atoms with Crippen LogP contribution in [-0.4, -0.2) is 59.7 Å². The maximum Gasteiger partial charge on any atom is 0.354 e. The molecule has 1 aliphatic heterocycles. The standard InChI is InChI=1S/C22H26N4O3S/c1-4-29-22(27)19-12-16-11-15(5-6-18(16)25(19)2)21-23-17(14-30-3)13-20(24-21)26-7-9-28-10-8-26/h5-6,11-13H,4,7-10,14H2,1-3H3. The minimum atomic E-state index is -0.314. The van der Waals surface area contributed by atoms with Crippen LogP contribution < -0.4 is 4.90 Å². The van der Waals surface area contributed by atoms with E-state index in [-0.39, 0.29) is 5.97 Å². The molecule has 0 amide bonds. The highest BCUT2D eigenvalue weighted by Crippen LogP contribution is 2.27. The number of aryl methyl sites for hydroxylation is 1. The normalized spacial score (nSPS) is 14.3. The molecule has 158 valence electrons. The zero-order chi connectivity index (χ0) is 21.1. The number of aromatic nitrogens is 3. The number of rotatable bonds is 6. The van der Waals surface area contributed by atoms with Gasteiger partial charge in [0.1, 0.15) is 11.5 Å². The topological polar surface area (TPSA) is 69.5 Å². The highest BCUT2D eigenvalue weighted by molar-refractivity contribution is 7.97. The van der Waals surface area contributed by atoms with Crippen molar-refractivity contribution in [1.82, 2.24) is 14.5 Å². The number of carbonyl (C=O) groups is 1. The van der Waals surface area contributed by atoms with Gasteiger partial charge in [-0.05, 0) is 37.4 Å². The molecule has 0 unspecified atom stereocenters. The number of esters is 1. The molecule has 3 aromatic rings. The monoisotopic (exact) mass is 426 g/mol. The summed E-state index contributed by atoms with van der Waals surface area (Å²) in [7, 11) is 1.88. The Balaban J connectivity index is 1.74. The highest BCUT2D eigenvalue weighted by Gasteiger charge is 2.18. The maximum absolute atomic E-state index is 12.2. The summed E-state index contributed by atoms with van der Waals surface area (Å²) < 4.78 is 12.5. The SMILES string of the molecule is CCOC(=O)c1cc2cc(-c3nc(CSC)cc(N4CCOCC4)n3)ccc2n1C. The summed E-state index contributed by atoms with van der Waals surface area (Å²) in [6.45, 7) is 5.24. The molecule has 0 aliphatic carbocycles. The molecule has 0 radical (unpaired) electrons. The number of nitrogens with zero attached hydrogens (tertiary/aromatic N) is 4. The number of benzene rings is 1. The number of fused-ring (bicyclic) bond motifs is 1. The molecule has 0 atom stereocenters. The van der Waals surface area contributed by atoms with Gasteiger partial charge in [0.2, 0.25) is 0 Å². The van der Waals surface area contributed by atoms with Crippen molar-refractivity contribution in [2.75, 3.05) is 44.1 Å². The van der Waals surface area contributed by atoms with Crippen LogP contribution in [0.15, 0.2) is 30.3 Å². The third-order valence-corrected chi connectivity index (χ3v) is 5.76. The van der Waals surface area contributed by atoms with Crippen LogP contribution >= 0.6 is 11.8 Å². The van der Waals surface area contributed by atoms with E-state index in [4.69, 9.17) is 19.4 Å². The van der Waals surface area contributed by atoms with Gasteiger partial charge >= 0.3 is 5.97 Å². The number of hydrogen-bond acceptors (Lipinski definition) is 7. The van der Waals surface area contributed by atoms with E-state index >= 15 is 0 Å². The number of thioether (sulfide) groups is 1. The Hall–Kier alpha value is -2.58. The minimum Gasteiger partial charge on any atom is -0.461 e. The summed E-state index contributed by atoms with van der Waals surface area (Å²) in [6.07, 6.45) is 2.07. The molecule has 1 saturated heterocycles. The van der Waals surface area contributed by atoms with E-state index in [0.717, 1.165) is 46.8 Å². The quantitative estimate of drug-likeness (QED) is 0.559. The van der Waals surface area contributed by atoms with Crippen LogP contribution in [0.25, 0.3) is 22.3 Å². The van der Waals surface area contributed by atoms with E-state index in [1.165, 1.54) is 0 Å². The predicted molar refractivity (Wildman–Crippen MR) is 120 cm³/mol. The summed E-state index contributed by atoms with van der Waals surface area (Å²) in [4.78, 5) is 24.2. The molecule has 0 N–H and O–H groups in total. The third-order valence-electron chi connectivity index (χ3n) is 5.18. The van der Waals surface area contributed by atoms with E-state index in [9.17, 15) is 4.79 Å². The Morgan fingerprint density at radius 1 is 1.20 bits per heavy atom. The Morgan fingerprint density at radius 2 is 2.00 bits per heavy atom. The van der Waals surface area contributed by atoms with E-state index in [1.54, 1.807) is 11.8 Å². The Bertz CT molecular complexity index is 1060. The first-order valence-corrected chi connectivity index (χ1v) is 11.5. The number of morpholine rings is 1. The Morgan fingerprint density at radius 3 is 2.73 bits per heavy atom. The number of carbonyl (C=O) groups excluding carboxylic acids is 1. The van der Waals surface area contributed by atoms with Gasteiger partial charge in [0.15, 0.2) is 5.82 Å². The van der Waals surface area contributed by atoms with E-state index in [2.05, 4.69) is 17.2 Å². The van der Waals surface area contributed by atoms with Crippen molar-refractivity contribution in [3.63, 3.8) is 0 Å². The van der Waals surface area contributed by atoms with E-state index in [1.807, 2.05) is 42.8 Å². The second kappa shape index (κ2) is 9.06. The fraction of sp³-hybridized carbons (Fsp3) is 0.409. The van der Waals surface area contributed by atoms with Gasteiger partial charge in [-0.15, -0.1) is 0 Å². The average molecular weight is 427 g/mol. The van der Waals surface area contributed by atoms with Crippen molar-refractivity contribution in [2.45, 2.75) is 12.7 Å². The summed E-state index contributed by atoms with van der Waals surface area (Å²) in [5.74, 6) is 2.15. The van der Waals surface area contributed by atoms with Crippen molar-refractivity contribution >= 4 is 34.5 Å². The number of ether oxygens (including phenoxy) is 2. The van der Waals surface area contributed by atoms with Gasteiger partial charge in [-0.25, -0.2) is 14.8 Å². The molecular formula is C22H26N4O3S. The first-order chi connectivity index (χ1) is 14.6. The second-order valence-electron chi connectivity index (χ2n) is 7.16. The van der Waals surface area contributed by atoms with Crippen LogP contribution in [0.1, 0.15) is 23.1 Å². The van der Waals surface area contributed by atoms with Crippen LogP contribution in [0.2, 0.25) is 0 Å².